The average molecular weight is 633 g/mol. The number of nitrogens with one attached hydrogen (secondary N) is 1. The van der Waals surface area contributed by atoms with Crippen LogP contribution in [0, 0.1) is 32.8 Å². The molecule has 0 spiro atoms. The summed E-state index contributed by atoms with van der Waals surface area (Å²) in [4.78, 5) is 33.1. The molecule has 4 aromatic rings. The Morgan fingerprint density at radius 3 is 2.52 bits per heavy atom. The summed E-state index contributed by atoms with van der Waals surface area (Å²) in [6, 6.07) is 16.5. The highest BCUT2D eigenvalue weighted by atomic mass is 32.2. The van der Waals surface area contributed by atoms with E-state index in [1.807, 2.05) is 0 Å². The van der Waals surface area contributed by atoms with Crippen molar-refractivity contribution in [2.45, 2.75) is 41.9 Å². The van der Waals surface area contributed by atoms with Crippen molar-refractivity contribution < 1.29 is 22.9 Å². The van der Waals surface area contributed by atoms with E-state index in [9.17, 15) is 38.6 Å². The molecule has 220 valence electrons. The summed E-state index contributed by atoms with van der Waals surface area (Å²) < 4.78 is 41.3. The van der Waals surface area contributed by atoms with Crippen LogP contribution in [0.15, 0.2) is 70.2 Å². The number of carbonyl (C=O) groups is 1. The Bertz CT molecular complexity index is 1890. The van der Waals surface area contributed by atoms with Crippen LogP contribution in [0.25, 0.3) is 17.3 Å². The van der Waals surface area contributed by atoms with Gasteiger partial charge in [0.05, 0.1) is 16.2 Å². The number of nitrogens with zero attached hydrogens (tertiary/aromatic N) is 5. The Hall–Kier alpha value is -5.05. The van der Waals surface area contributed by atoms with Crippen LogP contribution >= 0.6 is 23.1 Å². The molecule has 14 heteroatoms. The highest BCUT2D eigenvalue weighted by Crippen LogP contribution is 2.39. The zero-order chi connectivity index (χ0) is 31.4. The van der Waals surface area contributed by atoms with Gasteiger partial charge in [0.25, 0.3) is 11.6 Å². The number of aryl methyl sites for hydroxylation is 1. The molecule has 1 amide bonds. The van der Waals surface area contributed by atoms with Crippen molar-refractivity contribution in [1.82, 2.24) is 9.97 Å². The lowest BCUT2D eigenvalue weighted by atomic mass is 9.96. The standard InChI is InChI=1S/C30H19F3N6O3S2/c31-30(32,33)26-14-23(17-6-2-1-3-7-17)36-29(37-26)44-24-11-10-20(39(41)42)13-18(24)12-19(15-34)27(40)38-28-22(16-35)21-8-4-5-9-25(21)43-28/h1-3,6-7,10-14H,4-5,8-9H2,(H,38,40). The van der Waals surface area contributed by atoms with Gasteiger partial charge in [0.1, 0.15) is 28.4 Å². The number of anilines is 1. The summed E-state index contributed by atoms with van der Waals surface area (Å²) in [6.45, 7) is 0. The van der Waals surface area contributed by atoms with Gasteiger partial charge in [-0.15, -0.1) is 11.3 Å². The fourth-order valence-corrected chi connectivity index (χ4v) is 6.66. The molecular weight excluding hydrogens is 613 g/mol. The molecule has 0 saturated carbocycles. The lowest BCUT2D eigenvalue weighted by Crippen LogP contribution is -2.13. The first-order valence-corrected chi connectivity index (χ1v) is 14.7. The van der Waals surface area contributed by atoms with Crippen LogP contribution < -0.4 is 5.32 Å². The summed E-state index contributed by atoms with van der Waals surface area (Å²) in [7, 11) is 0. The SMILES string of the molecule is N#CC(=Cc1cc([N+](=O)[O-])ccc1Sc1nc(-c2ccccc2)cc(C(F)(F)F)n1)C(=O)Nc1sc2c(c1C#N)CCCC2. The third-order valence-corrected chi connectivity index (χ3v) is 8.81. The number of rotatable bonds is 7. The van der Waals surface area contributed by atoms with E-state index in [-0.39, 0.29) is 27.0 Å². The molecule has 2 heterocycles. The highest BCUT2D eigenvalue weighted by Gasteiger charge is 2.34. The van der Waals surface area contributed by atoms with Gasteiger partial charge in [-0.1, -0.05) is 30.3 Å². The van der Waals surface area contributed by atoms with Crippen LogP contribution in [0.2, 0.25) is 0 Å². The maximum absolute atomic E-state index is 13.8. The van der Waals surface area contributed by atoms with Crippen molar-refractivity contribution in [3.05, 3.63) is 97.5 Å². The van der Waals surface area contributed by atoms with Crippen molar-refractivity contribution >= 4 is 45.8 Å². The van der Waals surface area contributed by atoms with Gasteiger partial charge < -0.3 is 5.32 Å². The van der Waals surface area contributed by atoms with Crippen molar-refractivity contribution in [2.75, 3.05) is 5.32 Å². The van der Waals surface area contributed by atoms with Gasteiger partial charge in [0.2, 0.25) is 0 Å². The molecule has 1 N–H and O–H groups in total. The zero-order valence-electron chi connectivity index (χ0n) is 22.5. The topological polar surface area (TPSA) is 146 Å². The van der Waals surface area contributed by atoms with Gasteiger partial charge in [-0.3, -0.25) is 14.9 Å². The van der Waals surface area contributed by atoms with Gasteiger partial charge in [-0.25, -0.2) is 9.97 Å². The number of halogens is 3. The maximum Gasteiger partial charge on any atom is 0.433 e. The van der Waals surface area contributed by atoms with Crippen molar-refractivity contribution in [3.8, 4) is 23.4 Å². The number of nitro benzene ring substituents is 1. The molecule has 9 nitrogen and oxygen atoms in total. The number of thiophene rings is 1. The number of carbonyl (C=O) groups excluding carboxylic acids is 1. The maximum atomic E-state index is 13.8. The van der Waals surface area contributed by atoms with Crippen LogP contribution in [0.1, 0.15) is 40.1 Å². The van der Waals surface area contributed by atoms with Crippen molar-refractivity contribution in [2.24, 2.45) is 0 Å². The molecule has 2 aromatic carbocycles. The minimum Gasteiger partial charge on any atom is -0.312 e. The minimum atomic E-state index is -4.78. The second-order valence-corrected chi connectivity index (χ2v) is 11.6. The highest BCUT2D eigenvalue weighted by molar-refractivity contribution is 7.99. The molecule has 1 aliphatic carbocycles. The van der Waals surface area contributed by atoms with Gasteiger partial charge in [-0.2, -0.15) is 23.7 Å². The Kier molecular flexibility index (Phi) is 8.76. The van der Waals surface area contributed by atoms with Gasteiger partial charge in [0.15, 0.2) is 5.16 Å². The second-order valence-electron chi connectivity index (χ2n) is 9.52. The molecule has 0 unspecified atom stereocenters. The van der Waals surface area contributed by atoms with E-state index in [2.05, 4.69) is 21.4 Å². The van der Waals surface area contributed by atoms with E-state index in [1.165, 1.54) is 17.4 Å². The van der Waals surface area contributed by atoms with E-state index >= 15 is 0 Å². The first-order chi connectivity index (χ1) is 21.1. The number of alkyl halides is 3. The number of benzene rings is 2. The number of hydrogen-bond donors (Lipinski definition) is 1. The van der Waals surface area contributed by atoms with E-state index in [4.69, 9.17) is 0 Å². The van der Waals surface area contributed by atoms with E-state index in [1.54, 1.807) is 36.4 Å². The number of fused-ring (bicyclic) bond motifs is 1. The first kappa shape index (κ1) is 30.4. The Labute approximate surface area is 256 Å². The number of hydrogen-bond acceptors (Lipinski definition) is 9. The molecule has 0 atom stereocenters. The number of nitriles is 2. The van der Waals surface area contributed by atoms with Gasteiger partial charge in [0, 0.05) is 27.5 Å². The summed E-state index contributed by atoms with van der Waals surface area (Å²) in [6.07, 6.45) is -0.298. The van der Waals surface area contributed by atoms with E-state index < -0.39 is 28.3 Å². The third kappa shape index (κ3) is 6.62. The van der Waals surface area contributed by atoms with Gasteiger partial charge in [-0.05, 0) is 66.8 Å². The summed E-state index contributed by atoms with van der Waals surface area (Å²) in [5, 5.41) is 33.7. The number of aromatic nitrogens is 2. The molecule has 0 fully saturated rings. The molecule has 0 saturated heterocycles. The summed E-state index contributed by atoms with van der Waals surface area (Å²) in [5.41, 5.74) is -0.308. The summed E-state index contributed by atoms with van der Waals surface area (Å²) >= 11 is 1.96. The Balaban J connectivity index is 1.53. The molecule has 0 aliphatic heterocycles. The molecule has 5 rings (SSSR count). The van der Waals surface area contributed by atoms with Crippen molar-refractivity contribution in [3.63, 3.8) is 0 Å². The first-order valence-electron chi connectivity index (χ1n) is 13.0. The zero-order valence-corrected chi connectivity index (χ0v) is 24.1. The molecule has 0 radical (unpaired) electrons. The van der Waals surface area contributed by atoms with Crippen LogP contribution in [0.3, 0.4) is 0 Å². The Morgan fingerprint density at radius 2 is 1.84 bits per heavy atom. The van der Waals surface area contributed by atoms with Crippen LogP contribution in [-0.4, -0.2) is 20.8 Å². The van der Waals surface area contributed by atoms with E-state index in [0.717, 1.165) is 54.0 Å². The monoisotopic (exact) mass is 632 g/mol. The van der Waals surface area contributed by atoms with Crippen LogP contribution in [0.4, 0.5) is 23.9 Å². The molecular formula is C30H19F3N6O3S2. The number of amides is 1. The fraction of sp³-hybridized carbons (Fsp3) is 0.167. The second kappa shape index (κ2) is 12.7. The molecule has 44 heavy (non-hydrogen) atoms. The molecule has 1 aliphatic rings. The van der Waals surface area contributed by atoms with Crippen molar-refractivity contribution in [1.29, 1.82) is 10.5 Å². The van der Waals surface area contributed by atoms with E-state index in [0.29, 0.717) is 34.3 Å². The van der Waals surface area contributed by atoms with Crippen LogP contribution in [-0.2, 0) is 23.8 Å². The minimum absolute atomic E-state index is 0.0125. The largest absolute Gasteiger partial charge is 0.433 e. The van der Waals surface area contributed by atoms with Crippen LogP contribution in [0.5, 0.6) is 0 Å². The third-order valence-electron chi connectivity index (χ3n) is 6.65. The number of nitro groups is 1. The fourth-order valence-electron chi connectivity index (χ4n) is 4.57. The average Bonchev–Trinajstić information content (AvgIpc) is 3.36. The van der Waals surface area contributed by atoms with Gasteiger partial charge >= 0.3 is 6.18 Å². The number of non-ortho nitro benzene ring substituents is 1. The predicted molar refractivity (Wildman–Crippen MR) is 158 cm³/mol. The Morgan fingerprint density at radius 1 is 1.09 bits per heavy atom. The quantitative estimate of drug-likeness (QED) is 0.0721. The lowest BCUT2D eigenvalue weighted by Gasteiger charge is -2.11. The normalized spacial score (nSPS) is 13.0. The lowest BCUT2D eigenvalue weighted by molar-refractivity contribution is -0.384. The predicted octanol–water partition coefficient (Wildman–Crippen LogP) is 7.58. The molecule has 0 bridgehead atoms. The smallest absolute Gasteiger partial charge is 0.312 e. The molecule has 2 aromatic heterocycles. The summed E-state index contributed by atoms with van der Waals surface area (Å²) in [5.74, 6) is -0.841.